The molecule has 7 nitrogen and oxygen atoms in total. The highest BCUT2D eigenvalue weighted by Gasteiger charge is 2.21. The van der Waals surface area contributed by atoms with Crippen LogP contribution in [0.3, 0.4) is 0 Å². The molecule has 0 spiro atoms. The van der Waals surface area contributed by atoms with E-state index in [1.54, 1.807) is 4.90 Å². The number of aliphatic hydroxyl groups excluding tert-OH is 1. The average molecular weight is 232 g/mol. The second kappa shape index (κ2) is 6.29. The largest absolute Gasteiger partial charge is 0.465 e. The third-order valence-electron chi connectivity index (χ3n) is 2.33. The smallest absolute Gasteiger partial charge is 0.404 e. The molecule has 92 valence electrons. The monoisotopic (exact) mass is 232 g/mol. The number of hydrogen-bond acceptors (Lipinski definition) is 4. The predicted octanol–water partition coefficient (Wildman–Crippen LogP) is -1.14. The van der Waals surface area contributed by atoms with Crippen LogP contribution in [0.2, 0.25) is 0 Å². The first-order chi connectivity index (χ1) is 7.63. The Hall–Kier alpha value is -1.34. The number of nitrogens with zero attached hydrogens (tertiary/aromatic N) is 1. The molecule has 1 atom stereocenters. The molecule has 1 aliphatic rings. The quantitative estimate of drug-likeness (QED) is 0.569. The van der Waals surface area contributed by atoms with E-state index in [0.29, 0.717) is 26.3 Å². The molecule has 1 heterocycles. The number of hydrogen-bond donors (Lipinski definition) is 3. The fraction of sp³-hybridized carbons (Fsp3) is 0.778. The van der Waals surface area contributed by atoms with Crippen LogP contribution in [0.15, 0.2) is 0 Å². The highest BCUT2D eigenvalue weighted by atomic mass is 16.5. The van der Waals surface area contributed by atoms with E-state index in [4.69, 9.17) is 14.9 Å². The maximum Gasteiger partial charge on any atom is 0.404 e. The average Bonchev–Trinajstić information content (AvgIpc) is 2.28. The molecule has 16 heavy (non-hydrogen) atoms. The van der Waals surface area contributed by atoms with Gasteiger partial charge in [0.15, 0.2) is 0 Å². The lowest BCUT2D eigenvalue weighted by Crippen LogP contribution is -2.45. The Morgan fingerprint density at radius 2 is 2.00 bits per heavy atom. The van der Waals surface area contributed by atoms with Gasteiger partial charge in [0.25, 0.3) is 0 Å². The van der Waals surface area contributed by atoms with Crippen molar-refractivity contribution in [2.24, 2.45) is 0 Å². The molecule has 3 N–H and O–H groups in total. The molecule has 7 heteroatoms. The molecule has 0 aromatic heterocycles. The number of aliphatic hydroxyl groups is 1. The maximum atomic E-state index is 11.7. The second-order valence-corrected chi connectivity index (χ2v) is 3.53. The Balaban J connectivity index is 2.38. The van der Waals surface area contributed by atoms with Crippen molar-refractivity contribution in [1.29, 1.82) is 0 Å². The van der Waals surface area contributed by atoms with Crippen LogP contribution in [0.1, 0.15) is 6.42 Å². The van der Waals surface area contributed by atoms with Gasteiger partial charge in [-0.3, -0.25) is 4.79 Å². The van der Waals surface area contributed by atoms with Gasteiger partial charge < -0.3 is 25.2 Å². The molecule has 0 unspecified atom stereocenters. The molecule has 1 saturated heterocycles. The number of nitrogens with one attached hydrogen (secondary N) is 1. The number of amides is 2. The number of morpholine rings is 1. The molecule has 1 fully saturated rings. The topological polar surface area (TPSA) is 99.1 Å². The third kappa shape index (κ3) is 4.03. The minimum Gasteiger partial charge on any atom is -0.465 e. The minimum absolute atomic E-state index is 0.0250. The summed E-state index contributed by atoms with van der Waals surface area (Å²) in [7, 11) is 0. The summed E-state index contributed by atoms with van der Waals surface area (Å²) < 4.78 is 5.09. The fourth-order valence-corrected chi connectivity index (χ4v) is 1.49. The molecule has 1 aliphatic heterocycles. The van der Waals surface area contributed by atoms with Crippen LogP contribution in [-0.4, -0.2) is 66.1 Å². The van der Waals surface area contributed by atoms with E-state index < -0.39 is 12.1 Å². The van der Waals surface area contributed by atoms with Crippen LogP contribution < -0.4 is 5.32 Å². The maximum absolute atomic E-state index is 11.7. The Bertz CT molecular complexity index is 252. The number of carbonyl (C=O) groups is 2. The van der Waals surface area contributed by atoms with Crippen molar-refractivity contribution in [1.82, 2.24) is 10.2 Å². The molecule has 0 aliphatic carbocycles. The van der Waals surface area contributed by atoms with Crippen LogP contribution in [0, 0.1) is 0 Å². The second-order valence-electron chi connectivity index (χ2n) is 3.53. The van der Waals surface area contributed by atoms with Crippen LogP contribution in [-0.2, 0) is 9.53 Å². The Morgan fingerprint density at radius 3 is 2.50 bits per heavy atom. The zero-order chi connectivity index (χ0) is 12.0. The molecule has 2 amide bonds. The first-order valence-corrected chi connectivity index (χ1v) is 5.09. The van der Waals surface area contributed by atoms with Crippen molar-refractivity contribution in [3.05, 3.63) is 0 Å². The van der Waals surface area contributed by atoms with E-state index in [2.05, 4.69) is 5.32 Å². The number of carboxylic acid groups (broad SMARTS) is 1. The Labute approximate surface area is 93.0 Å². The van der Waals surface area contributed by atoms with Gasteiger partial charge in [-0.05, 0) is 0 Å². The van der Waals surface area contributed by atoms with E-state index in [0.717, 1.165) is 0 Å². The highest BCUT2D eigenvalue weighted by Crippen LogP contribution is 2.02. The van der Waals surface area contributed by atoms with Gasteiger partial charge in [-0.25, -0.2) is 4.79 Å². The molecule has 0 aromatic rings. The first kappa shape index (κ1) is 12.7. The van der Waals surface area contributed by atoms with Gasteiger partial charge in [0.2, 0.25) is 5.91 Å². The predicted molar refractivity (Wildman–Crippen MR) is 54.1 cm³/mol. The summed E-state index contributed by atoms with van der Waals surface area (Å²) in [4.78, 5) is 23.6. The summed E-state index contributed by atoms with van der Waals surface area (Å²) in [5.41, 5.74) is 0. The van der Waals surface area contributed by atoms with Gasteiger partial charge in [0, 0.05) is 19.5 Å². The molecule has 0 radical (unpaired) electrons. The van der Waals surface area contributed by atoms with Crippen LogP contribution in [0.25, 0.3) is 0 Å². The molecule has 1 rings (SSSR count). The summed E-state index contributed by atoms with van der Waals surface area (Å²) in [6, 6.07) is -0.743. The van der Waals surface area contributed by atoms with Gasteiger partial charge in [-0.2, -0.15) is 0 Å². The van der Waals surface area contributed by atoms with Crippen molar-refractivity contribution in [2.45, 2.75) is 12.5 Å². The Kier molecular flexibility index (Phi) is 5.00. The standard InChI is InChI=1S/C9H16N2O5/c12-6-7(10-9(14)15)5-8(13)11-1-3-16-4-2-11/h7,10,12H,1-6H2,(H,14,15)/t7-/m1/s1. The van der Waals surface area contributed by atoms with E-state index in [-0.39, 0.29) is 18.9 Å². The summed E-state index contributed by atoms with van der Waals surface area (Å²) in [6.45, 7) is 1.65. The van der Waals surface area contributed by atoms with E-state index in [9.17, 15) is 9.59 Å². The van der Waals surface area contributed by atoms with Crippen molar-refractivity contribution in [2.75, 3.05) is 32.9 Å². The van der Waals surface area contributed by atoms with Crippen LogP contribution in [0.5, 0.6) is 0 Å². The molecular formula is C9H16N2O5. The van der Waals surface area contributed by atoms with Gasteiger partial charge in [-0.1, -0.05) is 0 Å². The molecule has 0 bridgehead atoms. The third-order valence-corrected chi connectivity index (χ3v) is 2.33. The zero-order valence-corrected chi connectivity index (χ0v) is 8.89. The van der Waals surface area contributed by atoms with Crippen molar-refractivity contribution in [3.8, 4) is 0 Å². The summed E-state index contributed by atoms with van der Waals surface area (Å²) in [5, 5.41) is 19.5. The first-order valence-electron chi connectivity index (χ1n) is 5.09. The zero-order valence-electron chi connectivity index (χ0n) is 8.89. The van der Waals surface area contributed by atoms with Crippen molar-refractivity contribution in [3.63, 3.8) is 0 Å². The van der Waals surface area contributed by atoms with Crippen LogP contribution >= 0.6 is 0 Å². The lowest BCUT2D eigenvalue weighted by molar-refractivity contribution is -0.136. The minimum atomic E-state index is -1.24. The normalized spacial score (nSPS) is 17.9. The van der Waals surface area contributed by atoms with Crippen molar-refractivity contribution < 1.29 is 24.5 Å². The SMILES string of the molecule is O=C(O)N[C@@H](CO)CC(=O)N1CCOCC1. The van der Waals surface area contributed by atoms with Gasteiger partial charge in [0.05, 0.1) is 25.9 Å². The lowest BCUT2D eigenvalue weighted by atomic mass is 10.2. The summed E-state index contributed by atoms with van der Waals surface area (Å²) >= 11 is 0. The Morgan fingerprint density at radius 1 is 1.38 bits per heavy atom. The van der Waals surface area contributed by atoms with Gasteiger partial charge in [-0.15, -0.1) is 0 Å². The highest BCUT2D eigenvalue weighted by molar-refractivity contribution is 5.77. The molecule has 0 aromatic carbocycles. The number of ether oxygens (including phenoxy) is 1. The van der Waals surface area contributed by atoms with E-state index in [1.807, 2.05) is 0 Å². The number of carbonyl (C=O) groups excluding carboxylic acids is 1. The van der Waals surface area contributed by atoms with Crippen LogP contribution in [0.4, 0.5) is 4.79 Å². The molecule has 0 saturated carbocycles. The molecular weight excluding hydrogens is 216 g/mol. The van der Waals surface area contributed by atoms with Crippen molar-refractivity contribution >= 4 is 12.0 Å². The fourth-order valence-electron chi connectivity index (χ4n) is 1.49. The lowest BCUT2D eigenvalue weighted by Gasteiger charge is -2.28. The van der Waals surface area contributed by atoms with E-state index in [1.165, 1.54) is 0 Å². The number of rotatable bonds is 4. The van der Waals surface area contributed by atoms with Gasteiger partial charge in [0.1, 0.15) is 0 Å². The summed E-state index contributed by atoms with van der Waals surface area (Å²) in [6.07, 6.45) is -1.27. The van der Waals surface area contributed by atoms with E-state index >= 15 is 0 Å². The summed E-state index contributed by atoms with van der Waals surface area (Å²) in [5.74, 6) is -0.170. The van der Waals surface area contributed by atoms with Gasteiger partial charge >= 0.3 is 6.09 Å².